The number of primary sulfonamides is 1. The molecule has 7 heteroatoms. The number of sulfone groups is 1. The molecule has 0 unspecified atom stereocenters. The number of benzene rings is 2. The zero-order chi connectivity index (χ0) is 15.7. The van der Waals surface area contributed by atoms with Gasteiger partial charge >= 0.3 is 0 Å². The Kier molecular flexibility index (Phi) is 4.18. The van der Waals surface area contributed by atoms with E-state index in [1.54, 1.807) is 36.4 Å². The molecule has 0 saturated heterocycles. The minimum absolute atomic E-state index is 0.0233. The molecule has 2 N–H and O–H groups in total. The van der Waals surface area contributed by atoms with Gasteiger partial charge in [-0.3, -0.25) is 0 Å². The lowest BCUT2D eigenvalue weighted by molar-refractivity contribution is 0.597. The van der Waals surface area contributed by atoms with Crippen LogP contribution in [0.25, 0.3) is 11.1 Å². The Bertz CT molecular complexity index is 854. The van der Waals surface area contributed by atoms with E-state index in [-0.39, 0.29) is 10.6 Å². The van der Waals surface area contributed by atoms with Crippen LogP contribution >= 0.6 is 0 Å². The third-order valence-electron chi connectivity index (χ3n) is 2.88. The standard InChI is InChI=1S/C14H15NO4S2/c1-20(16,17)10-11-5-7-12(8-6-11)13-3-2-4-14(9-13)21(15,18)19/h2-9H,10H2,1H3,(H2,15,18,19). The van der Waals surface area contributed by atoms with Crippen LogP contribution in [-0.2, 0) is 25.6 Å². The molecule has 0 amide bonds. The van der Waals surface area contributed by atoms with Crippen LogP contribution in [0.2, 0.25) is 0 Å². The summed E-state index contributed by atoms with van der Waals surface area (Å²) >= 11 is 0. The highest BCUT2D eigenvalue weighted by Gasteiger charge is 2.09. The van der Waals surface area contributed by atoms with Crippen molar-refractivity contribution in [2.45, 2.75) is 10.6 Å². The van der Waals surface area contributed by atoms with E-state index in [4.69, 9.17) is 5.14 Å². The molecular formula is C14H15NO4S2. The highest BCUT2D eigenvalue weighted by molar-refractivity contribution is 7.90. The highest BCUT2D eigenvalue weighted by atomic mass is 32.2. The van der Waals surface area contributed by atoms with Crippen molar-refractivity contribution in [3.05, 3.63) is 54.1 Å². The predicted octanol–water partition coefficient (Wildman–Crippen LogP) is 1.55. The zero-order valence-corrected chi connectivity index (χ0v) is 13.0. The van der Waals surface area contributed by atoms with Gasteiger partial charge in [0, 0.05) is 6.26 Å². The molecule has 21 heavy (non-hydrogen) atoms. The second-order valence-electron chi connectivity index (χ2n) is 4.84. The first-order valence-electron chi connectivity index (χ1n) is 6.05. The molecular weight excluding hydrogens is 310 g/mol. The summed E-state index contributed by atoms with van der Waals surface area (Å²) in [5.74, 6) is -0.0233. The topological polar surface area (TPSA) is 94.3 Å². The van der Waals surface area contributed by atoms with Crippen LogP contribution in [0.4, 0.5) is 0 Å². The molecule has 5 nitrogen and oxygen atoms in total. The van der Waals surface area contributed by atoms with Gasteiger partial charge in [-0.25, -0.2) is 22.0 Å². The number of sulfonamides is 1. The lowest BCUT2D eigenvalue weighted by atomic mass is 10.0. The molecule has 0 atom stereocenters. The van der Waals surface area contributed by atoms with Crippen molar-refractivity contribution in [3.8, 4) is 11.1 Å². The molecule has 2 aromatic rings. The molecule has 2 aromatic carbocycles. The van der Waals surface area contributed by atoms with E-state index in [1.165, 1.54) is 18.4 Å². The summed E-state index contributed by atoms with van der Waals surface area (Å²) in [6.07, 6.45) is 1.18. The molecule has 0 aliphatic heterocycles. The molecule has 0 fully saturated rings. The molecule has 0 saturated carbocycles. The van der Waals surface area contributed by atoms with Crippen LogP contribution in [0, 0.1) is 0 Å². The van der Waals surface area contributed by atoms with E-state index in [9.17, 15) is 16.8 Å². The van der Waals surface area contributed by atoms with E-state index in [2.05, 4.69) is 0 Å². The third-order valence-corrected chi connectivity index (χ3v) is 4.65. The Labute approximate surface area is 124 Å². The van der Waals surface area contributed by atoms with Gasteiger partial charge in [0.15, 0.2) is 9.84 Å². The summed E-state index contributed by atoms with van der Waals surface area (Å²) in [5.41, 5.74) is 2.18. The van der Waals surface area contributed by atoms with Crippen molar-refractivity contribution in [1.82, 2.24) is 0 Å². The molecule has 2 rings (SSSR count). The van der Waals surface area contributed by atoms with Gasteiger partial charge in [-0.15, -0.1) is 0 Å². The SMILES string of the molecule is CS(=O)(=O)Cc1ccc(-c2cccc(S(N)(=O)=O)c2)cc1. The molecule has 0 bridgehead atoms. The Morgan fingerprint density at radius 2 is 1.52 bits per heavy atom. The largest absolute Gasteiger partial charge is 0.238 e. The second kappa shape index (κ2) is 5.59. The van der Waals surface area contributed by atoms with Crippen LogP contribution in [0.15, 0.2) is 53.4 Å². The molecule has 0 aliphatic carbocycles. The molecule has 0 heterocycles. The van der Waals surface area contributed by atoms with Crippen molar-refractivity contribution in [2.75, 3.05) is 6.26 Å². The van der Waals surface area contributed by atoms with Gasteiger partial charge in [-0.05, 0) is 28.8 Å². The number of nitrogens with two attached hydrogens (primary N) is 1. The van der Waals surface area contributed by atoms with Crippen molar-refractivity contribution in [2.24, 2.45) is 5.14 Å². The van der Waals surface area contributed by atoms with Crippen LogP contribution in [0.5, 0.6) is 0 Å². The fraction of sp³-hybridized carbons (Fsp3) is 0.143. The Morgan fingerprint density at radius 1 is 0.905 bits per heavy atom. The van der Waals surface area contributed by atoms with E-state index < -0.39 is 19.9 Å². The maximum Gasteiger partial charge on any atom is 0.238 e. The van der Waals surface area contributed by atoms with Gasteiger partial charge in [0.1, 0.15) is 0 Å². The molecule has 0 radical (unpaired) electrons. The van der Waals surface area contributed by atoms with Crippen LogP contribution in [-0.4, -0.2) is 23.1 Å². The van der Waals surface area contributed by atoms with Gasteiger partial charge in [-0.1, -0.05) is 36.4 Å². The first-order chi connectivity index (χ1) is 9.65. The minimum atomic E-state index is -3.74. The fourth-order valence-corrected chi connectivity index (χ4v) is 3.31. The minimum Gasteiger partial charge on any atom is -0.229 e. The highest BCUT2D eigenvalue weighted by Crippen LogP contribution is 2.22. The summed E-state index contributed by atoms with van der Waals surface area (Å²) < 4.78 is 45.1. The Hall–Kier alpha value is -1.70. The Morgan fingerprint density at radius 3 is 2.05 bits per heavy atom. The maximum absolute atomic E-state index is 11.3. The monoisotopic (exact) mass is 325 g/mol. The van der Waals surface area contributed by atoms with Crippen LogP contribution in [0.1, 0.15) is 5.56 Å². The lowest BCUT2D eigenvalue weighted by Crippen LogP contribution is -2.11. The quantitative estimate of drug-likeness (QED) is 0.922. The first kappa shape index (κ1) is 15.7. The first-order valence-corrected chi connectivity index (χ1v) is 9.66. The zero-order valence-electron chi connectivity index (χ0n) is 11.4. The lowest BCUT2D eigenvalue weighted by Gasteiger charge is -2.06. The summed E-state index contributed by atoms with van der Waals surface area (Å²) in [5, 5.41) is 5.10. The smallest absolute Gasteiger partial charge is 0.229 e. The van der Waals surface area contributed by atoms with Crippen molar-refractivity contribution >= 4 is 19.9 Å². The Balaban J connectivity index is 2.35. The van der Waals surface area contributed by atoms with Crippen molar-refractivity contribution in [1.29, 1.82) is 0 Å². The number of hydrogen-bond acceptors (Lipinski definition) is 4. The van der Waals surface area contributed by atoms with Crippen LogP contribution in [0.3, 0.4) is 0 Å². The summed E-state index contributed by atoms with van der Waals surface area (Å²) in [4.78, 5) is 0.0419. The van der Waals surface area contributed by atoms with Gasteiger partial charge < -0.3 is 0 Å². The van der Waals surface area contributed by atoms with Gasteiger partial charge in [0.25, 0.3) is 0 Å². The van der Waals surface area contributed by atoms with E-state index in [0.29, 0.717) is 11.1 Å². The second-order valence-corrected chi connectivity index (χ2v) is 8.54. The maximum atomic E-state index is 11.3. The van der Waals surface area contributed by atoms with Crippen molar-refractivity contribution < 1.29 is 16.8 Å². The molecule has 0 aromatic heterocycles. The van der Waals surface area contributed by atoms with Crippen molar-refractivity contribution in [3.63, 3.8) is 0 Å². The van der Waals surface area contributed by atoms with Gasteiger partial charge in [0.05, 0.1) is 10.6 Å². The summed E-state index contributed by atoms with van der Waals surface area (Å²) in [6.45, 7) is 0. The van der Waals surface area contributed by atoms with E-state index in [1.807, 2.05) is 0 Å². The molecule has 0 spiro atoms. The summed E-state index contributed by atoms with van der Waals surface area (Å²) in [6, 6.07) is 13.2. The average molecular weight is 325 g/mol. The predicted molar refractivity (Wildman–Crippen MR) is 81.8 cm³/mol. The normalized spacial score (nSPS) is 12.3. The van der Waals surface area contributed by atoms with E-state index in [0.717, 1.165) is 5.56 Å². The summed E-state index contributed by atoms with van der Waals surface area (Å²) in [7, 11) is -6.82. The molecule has 0 aliphatic rings. The third kappa shape index (κ3) is 4.38. The van der Waals surface area contributed by atoms with Gasteiger partial charge in [-0.2, -0.15) is 0 Å². The average Bonchev–Trinajstić information content (AvgIpc) is 2.37. The van der Waals surface area contributed by atoms with Crippen LogP contribution < -0.4 is 5.14 Å². The van der Waals surface area contributed by atoms with Gasteiger partial charge in [0.2, 0.25) is 10.0 Å². The number of hydrogen-bond donors (Lipinski definition) is 1. The molecule has 112 valence electrons. The fourth-order valence-electron chi connectivity index (χ4n) is 1.95. The van der Waals surface area contributed by atoms with E-state index >= 15 is 0 Å². The number of rotatable bonds is 4.